The van der Waals surface area contributed by atoms with Crippen LogP contribution in [0.15, 0.2) is 29.3 Å². The summed E-state index contributed by atoms with van der Waals surface area (Å²) in [5.41, 5.74) is 1.19. The van der Waals surface area contributed by atoms with Crippen molar-refractivity contribution in [2.24, 2.45) is 10.9 Å². The summed E-state index contributed by atoms with van der Waals surface area (Å²) < 4.78 is 0. The molecule has 0 spiro atoms. The van der Waals surface area contributed by atoms with Gasteiger partial charge in [0.25, 0.3) is 0 Å². The van der Waals surface area contributed by atoms with Crippen molar-refractivity contribution < 1.29 is 0 Å². The van der Waals surface area contributed by atoms with Crippen LogP contribution in [0.1, 0.15) is 32.4 Å². The first kappa shape index (κ1) is 13.8. The Bertz CT molecular complexity index is 447. The van der Waals surface area contributed by atoms with Crippen LogP contribution >= 0.6 is 23.4 Å². The fourth-order valence-electron chi connectivity index (χ4n) is 1.82. The van der Waals surface area contributed by atoms with Crippen LogP contribution in [0.5, 0.6) is 0 Å². The highest BCUT2D eigenvalue weighted by molar-refractivity contribution is 8.13. The summed E-state index contributed by atoms with van der Waals surface area (Å²) in [6.45, 7) is 6.56. The third-order valence-corrected chi connectivity index (χ3v) is 4.74. The molecule has 98 valence electrons. The van der Waals surface area contributed by atoms with E-state index in [4.69, 9.17) is 11.6 Å². The number of rotatable bonds is 2. The van der Waals surface area contributed by atoms with Gasteiger partial charge in [0.15, 0.2) is 5.17 Å². The fraction of sp³-hybridized carbons (Fsp3) is 0.500. The van der Waals surface area contributed by atoms with Gasteiger partial charge in [-0.15, -0.1) is 0 Å². The maximum Gasteiger partial charge on any atom is 0.157 e. The van der Waals surface area contributed by atoms with E-state index < -0.39 is 0 Å². The molecular formula is C14H19ClN2S. The molecule has 0 bridgehead atoms. The number of nitrogens with one attached hydrogen (secondary N) is 1. The van der Waals surface area contributed by atoms with Gasteiger partial charge >= 0.3 is 0 Å². The monoisotopic (exact) mass is 282 g/mol. The van der Waals surface area contributed by atoms with E-state index in [0.29, 0.717) is 12.0 Å². The summed E-state index contributed by atoms with van der Waals surface area (Å²) in [6, 6.07) is 8.60. The van der Waals surface area contributed by atoms with Crippen LogP contribution in [0, 0.1) is 5.92 Å². The van der Waals surface area contributed by atoms with Crippen LogP contribution in [0.2, 0.25) is 5.02 Å². The van der Waals surface area contributed by atoms with Crippen molar-refractivity contribution in [3.05, 3.63) is 34.9 Å². The first-order valence-electron chi connectivity index (χ1n) is 6.29. The van der Waals surface area contributed by atoms with E-state index in [0.717, 1.165) is 15.9 Å². The topological polar surface area (TPSA) is 24.4 Å². The molecule has 1 N–H and O–H groups in total. The van der Waals surface area contributed by atoms with Gasteiger partial charge in [0.1, 0.15) is 0 Å². The zero-order valence-corrected chi connectivity index (χ0v) is 12.6. The van der Waals surface area contributed by atoms with Crippen LogP contribution in [0.4, 0.5) is 0 Å². The second kappa shape index (κ2) is 5.98. The van der Waals surface area contributed by atoms with Gasteiger partial charge in [0.05, 0.1) is 12.1 Å². The SMILES string of the molecule is CC(NC1=NC(C)C(C)CS1)c1cccc(Cl)c1. The molecule has 0 amide bonds. The minimum Gasteiger partial charge on any atom is -0.358 e. The molecule has 2 rings (SSSR count). The summed E-state index contributed by atoms with van der Waals surface area (Å²) in [7, 11) is 0. The first-order valence-corrected chi connectivity index (χ1v) is 7.65. The Labute approximate surface area is 118 Å². The van der Waals surface area contributed by atoms with E-state index in [1.165, 1.54) is 5.56 Å². The predicted molar refractivity (Wildman–Crippen MR) is 81.5 cm³/mol. The third kappa shape index (κ3) is 3.42. The fourth-order valence-corrected chi connectivity index (χ4v) is 3.22. The number of halogens is 1. The summed E-state index contributed by atoms with van der Waals surface area (Å²) in [5.74, 6) is 1.79. The van der Waals surface area contributed by atoms with Crippen LogP contribution in [-0.4, -0.2) is 17.0 Å². The largest absolute Gasteiger partial charge is 0.358 e. The maximum absolute atomic E-state index is 6.01. The molecular weight excluding hydrogens is 264 g/mol. The van der Waals surface area contributed by atoms with Gasteiger partial charge in [-0.05, 0) is 37.5 Å². The quantitative estimate of drug-likeness (QED) is 0.882. The van der Waals surface area contributed by atoms with Gasteiger partial charge in [-0.1, -0.05) is 42.4 Å². The third-order valence-electron chi connectivity index (χ3n) is 3.32. The Kier molecular flexibility index (Phi) is 4.57. The Morgan fingerprint density at radius 1 is 1.44 bits per heavy atom. The Hall–Kier alpha value is -0.670. The molecule has 3 atom stereocenters. The molecule has 1 aliphatic heterocycles. The van der Waals surface area contributed by atoms with Crippen molar-refractivity contribution in [3.63, 3.8) is 0 Å². The van der Waals surface area contributed by atoms with Crippen molar-refractivity contribution in [1.82, 2.24) is 5.32 Å². The van der Waals surface area contributed by atoms with Gasteiger partial charge in [-0.3, -0.25) is 4.99 Å². The van der Waals surface area contributed by atoms with E-state index >= 15 is 0 Å². The van der Waals surface area contributed by atoms with Gasteiger partial charge in [-0.2, -0.15) is 0 Å². The van der Waals surface area contributed by atoms with Gasteiger partial charge < -0.3 is 5.32 Å². The number of thioether (sulfide) groups is 1. The molecule has 0 fully saturated rings. The molecule has 4 heteroatoms. The Morgan fingerprint density at radius 2 is 2.22 bits per heavy atom. The van der Waals surface area contributed by atoms with Crippen molar-refractivity contribution >= 4 is 28.5 Å². The highest BCUT2D eigenvalue weighted by atomic mass is 35.5. The van der Waals surface area contributed by atoms with Crippen molar-refractivity contribution in [2.45, 2.75) is 32.9 Å². The Balaban J connectivity index is 2.04. The van der Waals surface area contributed by atoms with Gasteiger partial charge in [-0.25, -0.2) is 0 Å². The van der Waals surface area contributed by atoms with Gasteiger partial charge in [0.2, 0.25) is 0 Å². The van der Waals surface area contributed by atoms with Crippen LogP contribution < -0.4 is 5.32 Å². The van der Waals surface area contributed by atoms with Crippen molar-refractivity contribution in [1.29, 1.82) is 0 Å². The van der Waals surface area contributed by atoms with Crippen molar-refractivity contribution in [2.75, 3.05) is 5.75 Å². The average Bonchev–Trinajstić information content (AvgIpc) is 2.34. The lowest BCUT2D eigenvalue weighted by molar-refractivity contribution is 0.532. The molecule has 1 heterocycles. The first-order chi connectivity index (χ1) is 8.56. The summed E-state index contributed by atoms with van der Waals surface area (Å²) >= 11 is 7.82. The van der Waals surface area contributed by atoms with Gasteiger partial charge in [0, 0.05) is 10.8 Å². The number of hydrogen-bond donors (Lipinski definition) is 1. The number of aliphatic imine (C=N–C) groups is 1. The molecule has 1 aliphatic rings. The van der Waals surface area contributed by atoms with Crippen molar-refractivity contribution in [3.8, 4) is 0 Å². The van der Waals surface area contributed by atoms with E-state index in [1.54, 1.807) is 0 Å². The van der Waals surface area contributed by atoms with Crippen LogP contribution in [0.3, 0.4) is 0 Å². The van der Waals surface area contributed by atoms with E-state index in [1.807, 2.05) is 30.0 Å². The molecule has 1 aromatic rings. The number of benzene rings is 1. The molecule has 2 nitrogen and oxygen atoms in total. The summed E-state index contributed by atoms with van der Waals surface area (Å²) in [4.78, 5) is 4.69. The normalized spacial score (nSPS) is 25.4. The second-order valence-electron chi connectivity index (χ2n) is 4.88. The predicted octanol–water partition coefficient (Wildman–Crippen LogP) is 4.12. The molecule has 0 aromatic heterocycles. The minimum atomic E-state index is 0.232. The average molecular weight is 283 g/mol. The lowest BCUT2D eigenvalue weighted by Gasteiger charge is -2.26. The number of amidine groups is 1. The maximum atomic E-state index is 6.01. The molecule has 1 aromatic carbocycles. The standard InChI is InChI=1S/C14H19ClN2S/c1-9-8-18-14(16-10(9)2)17-11(3)12-5-4-6-13(15)7-12/h4-7,9-11H,8H2,1-3H3,(H,16,17). The molecule has 18 heavy (non-hydrogen) atoms. The minimum absolute atomic E-state index is 0.232. The molecule has 3 unspecified atom stereocenters. The van der Waals surface area contributed by atoms with Crippen LogP contribution in [0.25, 0.3) is 0 Å². The molecule has 0 aliphatic carbocycles. The zero-order chi connectivity index (χ0) is 13.1. The summed E-state index contributed by atoms with van der Waals surface area (Å²) in [5, 5.41) is 5.30. The Morgan fingerprint density at radius 3 is 2.89 bits per heavy atom. The van der Waals surface area contributed by atoms with Crippen LogP contribution in [-0.2, 0) is 0 Å². The van der Waals surface area contributed by atoms with E-state index in [-0.39, 0.29) is 6.04 Å². The number of hydrogen-bond acceptors (Lipinski definition) is 3. The highest BCUT2D eigenvalue weighted by Crippen LogP contribution is 2.24. The second-order valence-corrected chi connectivity index (χ2v) is 6.33. The molecule has 0 saturated carbocycles. The smallest absolute Gasteiger partial charge is 0.157 e. The number of nitrogens with zero attached hydrogens (tertiary/aromatic N) is 1. The van der Waals surface area contributed by atoms with E-state index in [9.17, 15) is 0 Å². The molecule has 0 radical (unpaired) electrons. The summed E-state index contributed by atoms with van der Waals surface area (Å²) in [6.07, 6.45) is 0. The molecule has 0 saturated heterocycles. The van der Waals surface area contributed by atoms with E-state index in [2.05, 4.69) is 37.1 Å². The zero-order valence-electron chi connectivity index (χ0n) is 11.0. The lowest BCUT2D eigenvalue weighted by atomic mass is 10.1. The highest BCUT2D eigenvalue weighted by Gasteiger charge is 2.20. The lowest BCUT2D eigenvalue weighted by Crippen LogP contribution is -2.31.